The number of carboxylic acid groups (broad SMARTS) is 1. The van der Waals surface area contributed by atoms with Crippen LogP contribution in [0.5, 0.6) is 0 Å². The molecule has 0 aliphatic rings. The van der Waals surface area contributed by atoms with Gasteiger partial charge in [-0.05, 0) is 36.8 Å². The average molecular weight is 346 g/mol. The summed E-state index contributed by atoms with van der Waals surface area (Å²) in [6, 6.07) is 6.07. The smallest absolute Gasteiger partial charge is 0.337 e. The molecule has 2 rings (SSSR count). The number of carbonyl (C=O) groups is 1. The second-order valence-corrected chi connectivity index (χ2v) is 5.66. The molecule has 0 heterocycles. The highest BCUT2D eigenvalue weighted by molar-refractivity contribution is 6.37. The van der Waals surface area contributed by atoms with E-state index in [2.05, 4.69) is 5.32 Å². The Morgan fingerprint density at radius 3 is 2.38 bits per heavy atom. The van der Waals surface area contributed by atoms with Gasteiger partial charge in [0.05, 0.1) is 27.0 Å². The van der Waals surface area contributed by atoms with E-state index in [-0.39, 0.29) is 22.0 Å². The highest BCUT2D eigenvalue weighted by atomic mass is 35.5. The predicted octanol–water partition coefficient (Wildman–Crippen LogP) is 4.98. The van der Waals surface area contributed by atoms with E-state index in [1.807, 2.05) is 6.92 Å². The molecule has 7 heteroatoms. The van der Waals surface area contributed by atoms with Gasteiger partial charge >= 0.3 is 5.97 Å². The van der Waals surface area contributed by atoms with Gasteiger partial charge in [0.15, 0.2) is 0 Å². The lowest BCUT2D eigenvalue weighted by molar-refractivity contribution is 0.0698. The zero-order chi connectivity index (χ0) is 15.7. The Bertz CT molecular complexity index is 733. The van der Waals surface area contributed by atoms with Gasteiger partial charge < -0.3 is 16.2 Å². The van der Waals surface area contributed by atoms with E-state index in [1.165, 1.54) is 12.1 Å². The summed E-state index contributed by atoms with van der Waals surface area (Å²) in [7, 11) is 0. The van der Waals surface area contributed by atoms with E-state index in [9.17, 15) is 9.90 Å². The van der Waals surface area contributed by atoms with Gasteiger partial charge in [-0.25, -0.2) is 4.79 Å². The minimum atomic E-state index is -1.15. The van der Waals surface area contributed by atoms with Crippen LogP contribution < -0.4 is 11.1 Å². The van der Waals surface area contributed by atoms with Crippen molar-refractivity contribution in [2.75, 3.05) is 11.1 Å². The van der Waals surface area contributed by atoms with E-state index in [0.29, 0.717) is 15.7 Å². The summed E-state index contributed by atoms with van der Waals surface area (Å²) in [6.45, 7) is 1.82. The van der Waals surface area contributed by atoms with Gasteiger partial charge in [-0.2, -0.15) is 0 Å². The van der Waals surface area contributed by atoms with Crippen LogP contribution in [0.3, 0.4) is 0 Å². The third kappa shape index (κ3) is 3.35. The Morgan fingerprint density at radius 1 is 1.10 bits per heavy atom. The maximum Gasteiger partial charge on any atom is 0.337 e. The van der Waals surface area contributed by atoms with Crippen LogP contribution >= 0.6 is 34.8 Å². The molecule has 0 spiro atoms. The van der Waals surface area contributed by atoms with Crippen molar-refractivity contribution in [3.63, 3.8) is 0 Å². The van der Waals surface area contributed by atoms with Crippen molar-refractivity contribution in [3.05, 3.63) is 50.5 Å². The number of nitrogens with one attached hydrogen (secondary N) is 1. The van der Waals surface area contributed by atoms with E-state index < -0.39 is 5.97 Å². The van der Waals surface area contributed by atoms with Gasteiger partial charge in [0.1, 0.15) is 0 Å². The Balaban J connectivity index is 2.54. The molecule has 0 saturated carbocycles. The first kappa shape index (κ1) is 15.8. The number of benzene rings is 2. The third-order valence-corrected chi connectivity index (χ3v) is 3.87. The zero-order valence-electron chi connectivity index (χ0n) is 10.9. The van der Waals surface area contributed by atoms with Gasteiger partial charge in [0.25, 0.3) is 0 Å². The molecule has 0 aliphatic carbocycles. The van der Waals surface area contributed by atoms with Crippen LogP contribution in [0, 0.1) is 6.92 Å². The van der Waals surface area contributed by atoms with E-state index in [0.717, 1.165) is 5.56 Å². The van der Waals surface area contributed by atoms with Crippen LogP contribution in [0.15, 0.2) is 24.3 Å². The number of aryl methyl sites for hydroxylation is 1. The van der Waals surface area contributed by atoms with Gasteiger partial charge in [-0.1, -0.05) is 34.8 Å². The Kier molecular flexibility index (Phi) is 4.52. The van der Waals surface area contributed by atoms with E-state index in [1.54, 1.807) is 12.1 Å². The maximum absolute atomic E-state index is 11.3. The van der Waals surface area contributed by atoms with Gasteiger partial charge in [-0.3, -0.25) is 0 Å². The molecule has 0 unspecified atom stereocenters. The molecule has 0 bridgehead atoms. The topological polar surface area (TPSA) is 75.3 Å². The predicted molar refractivity (Wildman–Crippen MR) is 87.3 cm³/mol. The molecule has 0 fully saturated rings. The largest absolute Gasteiger partial charge is 0.478 e. The fourth-order valence-corrected chi connectivity index (χ4v) is 2.50. The summed E-state index contributed by atoms with van der Waals surface area (Å²) < 4.78 is 0. The molecule has 0 saturated heterocycles. The first-order valence-corrected chi connectivity index (χ1v) is 6.98. The summed E-state index contributed by atoms with van der Waals surface area (Å²) in [4.78, 5) is 11.3. The van der Waals surface area contributed by atoms with Crippen LogP contribution in [0.4, 0.5) is 17.1 Å². The molecular weight excluding hydrogens is 335 g/mol. The summed E-state index contributed by atoms with van der Waals surface area (Å²) in [6.07, 6.45) is 0. The van der Waals surface area contributed by atoms with Gasteiger partial charge in [-0.15, -0.1) is 0 Å². The Labute approximate surface area is 136 Å². The molecule has 2 aromatic rings. The number of carboxylic acids is 1. The average Bonchev–Trinajstić information content (AvgIpc) is 2.38. The highest BCUT2D eigenvalue weighted by Gasteiger charge is 2.16. The summed E-state index contributed by atoms with van der Waals surface area (Å²) in [5.41, 5.74) is 7.30. The fourth-order valence-electron chi connectivity index (χ4n) is 1.80. The molecular formula is C14H11Cl3N2O2. The van der Waals surface area contributed by atoms with Crippen molar-refractivity contribution in [3.8, 4) is 0 Å². The summed E-state index contributed by atoms with van der Waals surface area (Å²) in [5, 5.41) is 13.2. The molecule has 0 amide bonds. The van der Waals surface area contributed by atoms with Crippen molar-refractivity contribution in [1.82, 2.24) is 0 Å². The lowest BCUT2D eigenvalue weighted by Crippen LogP contribution is -2.05. The number of hydrogen-bond acceptors (Lipinski definition) is 3. The quantitative estimate of drug-likeness (QED) is 0.686. The molecule has 4 nitrogen and oxygen atoms in total. The number of hydrogen-bond donors (Lipinski definition) is 3. The maximum atomic E-state index is 11.3. The minimum Gasteiger partial charge on any atom is -0.478 e. The molecule has 0 aliphatic heterocycles. The standard InChI is InChI=1S/C14H11Cl3N2O2/c1-6-2-10(16)12(5-9(6)15)19-13-8(14(20)21)3-7(18)4-11(13)17/h2-5,19H,18H2,1H3,(H,20,21). The second kappa shape index (κ2) is 6.02. The monoisotopic (exact) mass is 344 g/mol. The second-order valence-electron chi connectivity index (χ2n) is 4.44. The minimum absolute atomic E-state index is 0.0484. The fraction of sp³-hybridized carbons (Fsp3) is 0.0714. The first-order valence-electron chi connectivity index (χ1n) is 5.84. The Hall–Kier alpha value is -1.62. The van der Waals surface area contributed by atoms with Crippen molar-refractivity contribution < 1.29 is 9.90 Å². The number of aromatic carboxylic acids is 1. The molecule has 0 aromatic heterocycles. The van der Waals surface area contributed by atoms with Gasteiger partial charge in [0.2, 0.25) is 0 Å². The number of nitrogen functional groups attached to an aromatic ring is 1. The lowest BCUT2D eigenvalue weighted by atomic mass is 10.1. The molecule has 0 radical (unpaired) electrons. The molecule has 2 aromatic carbocycles. The zero-order valence-corrected chi connectivity index (χ0v) is 13.1. The summed E-state index contributed by atoms with van der Waals surface area (Å²) in [5.74, 6) is -1.15. The lowest BCUT2D eigenvalue weighted by Gasteiger charge is -2.14. The molecule has 21 heavy (non-hydrogen) atoms. The van der Waals surface area contributed by atoms with Gasteiger partial charge in [0, 0.05) is 10.7 Å². The van der Waals surface area contributed by atoms with Crippen molar-refractivity contribution in [2.45, 2.75) is 6.92 Å². The van der Waals surface area contributed by atoms with Crippen LogP contribution in [0.25, 0.3) is 0 Å². The Morgan fingerprint density at radius 2 is 1.76 bits per heavy atom. The van der Waals surface area contributed by atoms with Crippen LogP contribution in [0.1, 0.15) is 15.9 Å². The normalized spacial score (nSPS) is 10.5. The van der Waals surface area contributed by atoms with Crippen molar-refractivity contribution in [1.29, 1.82) is 0 Å². The summed E-state index contributed by atoms with van der Waals surface area (Å²) >= 11 is 18.3. The molecule has 110 valence electrons. The van der Waals surface area contributed by atoms with Crippen molar-refractivity contribution in [2.24, 2.45) is 0 Å². The number of rotatable bonds is 3. The number of nitrogens with two attached hydrogens (primary N) is 1. The first-order chi connectivity index (χ1) is 9.79. The van der Waals surface area contributed by atoms with E-state index >= 15 is 0 Å². The van der Waals surface area contributed by atoms with Crippen LogP contribution in [0.2, 0.25) is 15.1 Å². The number of halogens is 3. The van der Waals surface area contributed by atoms with E-state index in [4.69, 9.17) is 40.5 Å². The van der Waals surface area contributed by atoms with Crippen LogP contribution in [-0.4, -0.2) is 11.1 Å². The molecule has 4 N–H and O–H groups in total. The highest BCUT2D eigenvalue weighted by Crippen LogP contribution is 2.36. The number of anilines is 3. The molecule has 0 atom stereocenters. The van der Waals surface area contributed by atoms with Crippen molar-refractivity contribution >= 4 is 57.8 Å². The SMILES string of the molecule is Cc1cc(Cl)c(Nc2c(Cl)cc(N)cc2C(=O)O)cc1Cl. The third-order valence-electron chi connectivity index (χ3n) is 2.85. The van der Waals surface area contributed by atoms with Crippen LogP contribution in [-0.2, 0) is 0 Å².